The largest absolute Gasteiger partial charge is 0.497 e. The first kappa shape index (κ1) is 22.0. The van der Waals surface area contributed by atoms with Gasteiger partial charge in [0.2, 0.25) is 11.8 Å². The van der Waals surface area contributed by atoms with Gasteiger partial charge in [0.05, 0.1) is 25.6 Å². The number of imide groups is 1. The molecule has 1 aliphatic rings. The van der Waals surface area contributed by atoms with Gasteiger partial charge in [0, 0.05) is 13.0 Å². The highest BCUT2D eigenvalue weighted by atomic mass is 16.5. The Morgan fingerprint density at radius 1 is 1.06 bits per heavy atom. The number of methoxy groups -OCH3 is 1. The van der Waals surface area contributed by atoms with Crippen molar-refractivity contribution >= 4 is 29.4 Å². The summed E-state index contributed by atoms with van der Waals surface area (Å²) in [5.74, 6) is -1.86. The Labute approximate surface area is 180 Å². The Balaban J connectivity index is 1.81. The maximum absolute atomic E-state index is 13.1. The molecule has 0 unspecified atom stereocenters. The zero-order valence-corrected chi connectivity index (χ0v) is 17.2. The molecule has 8 heteroatoms. The molecule has 1 heterocycles. The van der Waals surface area contributed by atoms with Gasteiger partial charge in [-0.3, -0.25) is 19.2 Å². The monoisotopic (exact) mass is 424 g/mol. The van der Waals surface area contributed by atoms with E-state index in [9.17, 15) is 19.2 Å². The van der Waals surface area contributed by atoms with Crippen molar-refractivity contribution in [3.05, 3.63) is 60.2 Å². The summed E-state index contributed by atoms with van der Waals surface area (Å²) in [6, 6.07) is 15.0. The van der Waals surface area contributed by atoms with Gasteiger partial charge >= 0.3 is 5.97 Å². The van der Waals surface area contributed by atoms with E-state index in [1.807, 2.05) is 30.3 Å². The number of carboxylic acids is 1. The Hall–Kier alpha value is -3.68. The molecule has 2 aromatic carbocycles. The Bertz CT molecular complexity index is 958. The molecule has 0 bridgehead atoms. The minimum atomic E-state index is -1.09. The SMILES string of the molecule is COc1ccc(N2C(=O)C[C@@H](N(CCc3ccccc3)C(=O)CCC(=O)O)C2=O)cc1. The average molecular weight is 424 g/mol. The van der Waals surface area contributed by atoms with Crippen molar-refractivity contribution in [1.82, 2.24) is 4.90 Å². The average Bonchev–Trinajstić information content (AvgIpc) is 3.07. The number of carbonyl (C=O) groups excluding carboxylic acids is 3. The van der Waals surface area contributed by atoms with Crippen molar-refractivity contribution in [1.29, 1.82) is 0 Å². The standard InChI is InChI=1S/C23H24N2O6/c1-31-18-9-7-17(8-10-18)25-21(27)15-19(23(25)30)24(20(26)11-12-22(28)29)14-13-16-5-3-2-4-6-16/h2-10,19H,11-15H2,1H3,(H,28,29)/t19-/m1/s1. The number of nitrogens with zero attached hydrogens (tertiary/aromatic N) is 2. The number of carboxylic acid groups (broad SMARTS) is 1. The zero-order valence-electron chi connectivity index (χ0n) is 17.2. The van der Waals surface area contributed by atoms with Crippen LogP contribution in [-0.2, 0) is 25.6 Å². The van der Waals surface area contributed by atoms with Crippen LogP contribution in [0.2, 0.25) is 0 Å². The van der Waals surface area contributed by atoms with Gasteiger partial charge in [-0.05, 0) is 36.2 Å². The molecule has 8 nitrogen and oxygen atoms in total. The van der Waals surface area contributed by atoms with Gasteiger partial charge in [0.15, 0.2) is 0 Å². The summed E-state index contributed by atoms with van der Waals surface area (Å²) in [5, 5.41) is 8.93. The van der Waals surface area contributed by atoms with E-state index in [-0.39, 0.29) is 25.8 Å². The molecule has 0 spiro atoms. The maximum Gasteiger partial charge on any atom is 0.303 e. The first-order valence-corrected chi connectivity index (χ1v) is 9.96. The third kappa shape index (κ3) is 5.28. The first-order valence-electron chi connectivity index (χ1n) is 9.96. The van der Waals surface area contributed by atoms with E-state index in [2.05, 4.69) is 0 Å². The highest BCUT2D eigenvalue weighted by Gasteiger charge is 2.44. The summed E-state index contributed by atoms with van der Waals surface area (Å²) in [7, 11) is 1.52. The van der Waals surface area contributed by atoms with Gasteiger partial charge in [-0.2, -0.15) is 0 Å². The number of anilines is 1. The number of ether oxygens (including phenoxy) is 1. The highest BCUT2D eigenvalue weighted by Crippen LogP contribution is 2.28. The molecule has 1 atom stereocenters. The van der Waals surface area contributed by atoms with Crippen LogP contribution in [0.25, 0.3) is 0 Å². The Kier molecular flexibility index (Phi) is 7.02. The number of hydrogen-bond donors (Lipinski definition) is 1. The summed E-state index contributed by atoms with van der Waals surface area (Å²) < 4.78 is 5.11. The molecule has 0 aliphatic carbocycles. The van der Waals surface area contributed by atoms with Crippen molar-refractivity contribution in [2.75, 3.05) is 18.6 Å². The molecule has 3 rings (SSSR count). The lowest BCUT2D eigenvalue weighted by Crippen LogP contribution is -2.46. The van der Waals surface area contributed by atoms with Crippen LogP contribution in [0.4, 0.5) is 5.69 Å². The molecule has 0 saturated carbocycles. The van der Waals surface area contributed by atoms with Crippen LogP contribution in [0.5, 0.6) is 5.75 Å². The molecule has 31 heavy (non-hydrogen) atoms. The molecule has 3 amide bonds. The first-order chi connectivity index (χ1) is 14.9. The van der Waals surface area contributed by atoms with Gasteiger partial charge < -0.3 is 14.7 Å². The lowest BCUT2D eigenvalue weighted by molar-refractivity contribution is -0.143. The van der Waals surface area contributed by atoms with Crippen molar-refractivity contribution in [2.24, 2.45) is 0 Å². The fourth-order valence-corrected chi connectivity index (χ4v) is 3.57. The summed E-state index contributed by atoms with van der Waals surface area (Å²) in [4.78, 5) is 51.9. The summed E-state index contributed by atoms with van der Waals surface area (Å²) in [6.07, 6.45) is -0.221. The molecule has 1 saturated heterocycles. The van der Waals surface area contributed by atoms with E-state index < -0.39 is 29.7 Å². The second-order valence-electron chi connectivity index (χ2n) is 7.20. The second kappa shape index (κ2) is 9.88. The number of carbonyl (C=O) groups is 4. The molecular formula is C23H24N2O6. The van der Waals surface area contributed by atoms with Gasteiger partial charge in [0.25, 0.3) is 5.91 Å². The Morgan fingerprint density at radius 3 is 2.35 bits per heavy atom. The van der Waals surface area contributed by atoms with Crippen LogP contribution < -0.4 is 9.64 Å². The van der Waals surface area contributed by atoms with Crippen molar-refractivity contribution in [3.8, 4) is 5.75 Å². The number of benzene rings is 2. The highest BCUT2D eigenvalue weighted by molar-refractivity contribution is 6.23. The minimum absolute atomic E-state index is 0.140. The number of amides is 3. The topological polar surface area (TPSA) is 104 Å². The number of hydrogen-bond acceptors (Lipinski definition) is 5. The van der Waals surface area contributed by atoms with Crippen molar-refractivity contribution in [3.63, 3.8) is 0 Å². The van der Waals surface area contributed by atoms with Gasteiger partial charge in [-0.25, -0.2) is 4.90 Å². The van der Waals surface area contributed by atoms with E-state index in [1.165, 1.54) is 12.0 Å². The van der Waals surface area contributed by atoms with Crippen LogP contribution in [0.15, 0.2) is 54.6 Å². The van der Waals surface area contributed by atoms with Gasteiger partial charge in [-0.15, -0.1) is 0 Å². The smallest absolute Gasteiger partial charge is 0.303 e. The molecular weight excluding hydrogens is 400 g/mol. The zero-order chi connectivity index (χ0) is 22.4. The third-order valence-electron chi connectivity index (χ3n) is 5.19. The lowest BCUT2D eigenvalue weighted by atomic mass is 10.1. The predicted molar refractivity (Wildman–Crippen MR) is 113 cm³/mol. The molecule has 1 N–H and O–H groups in total. The van der Waals surface area contributed by atoms with Crippen molar-refractivity contribution < 1.29 is 29.0 Å². The molecule has 2 aromatic rings. The van der Waals surface area contributed by atoms with Crippen LogP contribution >= 0.6 is 0 Å². The third-order valence-corrected chi connectivity index (χ3v) is 5.19. The molecule has 0 radical (unpaired) electrons. The summed E-state index contributed by atoms with van der Waals surface area (Å²) in [5.41, 5.74) is 1.38. The fourth-order valence-electron chi connectivity index (χ4n) is 3.57. The minimum Gasteiger partial charge on any atom is -0.497 e. The van der Waals surface area contributed by atoms with E-state index in [1.54, 1.807) is 24.3 Å². The van der Waals surface area contributed by atoms with E-state index in [0.717, 1.165) is 10.5 Å². The maximum atomic E-state index is 13.1. The van der Waals surface area contributed by atoms with E-state index in [4.69, 9.17) is 9.84 Å². The van der Waals surface area contributed by atoms with Crippen LogP contribution in [0.3, 0.4) is 0 Å². The van der Waals surface area contributed by atoms with E-state index in [0.29, 0.717) is 17.9 Å². The number of aliphatic carboxylic acids is 1. The molecule has 0 aromatic heterocycles. The van der Waals surface area contributed by atoms with Crippen LogP contribution in [0, 0.1) is 0 Å². The Morgan fingerprint density at radius 2 is 1.74 bits per heavy atom. The molecule has 1 aliphatic heterocycles. The quantitative estimate of drug-likeness (QED) is 0.619. The van der Waals surface area contributed by atoms with Crippen LogP contribution in [0.1, 0.15) is 24.8 Å². The normalized spacial score (nSPS) is 15.8. The summed E-state index contributed by atoms with van der Waals surface area (Å²) >= 11 is 0. The molecule has 162 valence electrons. The van der Waals surface area contributed by atoms with Crippen LogP contribution in [-0.4, -0.2) is 53.4 Å². The van der Waals surface area contributed by atoms with Gasteiger partial charge in [-0.1, -0.05) is 30.3 Å². The van der Waals surface area contributed by atoms with E-state index >= 15 is 0 Å². The second-order valence-corrected chi connectivity index (χ2v) is 7.20. The molecule has 1 fully saturated rings. The predicted octanol–water partition coefficient (Wildman–Crippen LogP) is 2.26. The number of rotatable bonds is 9. The van der Waals surface area contributed by atoms with Crippen molar-refractivity contribution in [2.45, 2.75) is 31.7 Å². The summed E-state index contributed by atoms with van der Waals surface area (Å²) in [6.45, 7) is 0.211. The lowest BCUT2D eigenvalue weighted by Gasteiger charge is -2.27. The fraction of sp³-hybridized carbons (Fsp3) is 0.304. The van der Waals surface area contributed by atoms with Gasteiger partial charge in [0.1, 0.15) is 11.8 Å².